The van der Waals surface area contributed by atoms with Gasteiger partial charge in [0, 0.05) is 12.1 Å². The van der Waals surface area contributed by atoms with E-state index in [9.17, 15) is 0 Å². The first kappa shape index (κ1) is 14.2. The van der Waals surface area contributed by atoms with Gasteiger partial charge in [-0.15, -0.1) is 0 Å². The molecule has 1 aliphatic carbocycles. The molecule has 110 valence electrons. The normalized spacial score (nSPS) is 14.4. The Balaban J connectivity index is 1.69. The van der Waals surface area contributed by atoms with Crippen LogP contribution < -0.4 is 10.1 Å². The van der Waals surface area contributed by atoms with E-state index < -0.39 is 0 Å². The van der Waals surface area contributed by atoms with Crippen molar-refractivity contribution in [3.63, 3.8) is 0 Å². The molecular formula is C19H23NO. The van der Waals surface area contributed by atoms with Crippen molar-refractivity contribution in [1.82, 2.24) is 5.32 Å². The van der Waals surface area contributed by atoms with E-state index in [1.165, 1.54) is 42.0 Å². The second-order valence-electron chi connectivity index (χ2n) is 5.65. The Hall–Kier alpha value is -1.80. The molecule has 2 aromatic rings. The molecule has 0 unspecified atom stereocenters. The Bertz CT molecular complexity index is 645. The van der Waals surface area contributed by atoms with Gasteiger partial charge in [-0.3, -0.25) is 0 Å². The van der Waals surface area contributed by atoms with Gasteiger partial charge in [-0.2, -0.15) is 0 Å². The Morgan fingerprint density at radius 1 is 1.14 bits per heavy atom. The van der Waals surface area contributed by atoms with Crippen LogP contribution in [0.5, 0.6) is 5.75 Å². The van der Waals surface area contributed by atoms with Gasteiger partial charge in [-0.05, 0) is 49.1 Å². The highest BCUT2D eigenvalue weighted by atomic mass is 16.5. The maximum atomic E-state index is 5.53. The van der Waals surface area contributed by atoms with Crippen LogP contribution in [0.1, 0.15) is 31.2 Å². The van der Waals surface area contributed by atoms with Crippen LogP contribution in [0.2, 0.25) is 0 Å². The largest absolute Gasteiger partial charge is 0.496 e. The summed E-state index contributed by atoms with van der Waals surface area (Å²) in [6.07, 6.45) is 7.48. The van der Waals surface area contributed by atoms with Gasteiger partial charge >= 0.3 is 0 Å². The van der Waals surface area contributed by atoms with E-state index in [2.05, 4.69) is 47.8 Å². The Morgan fingerprint density at radius 2 is 2.05 bits per heavy atom. The highest BCUT2D eigenvalue weighted by Gasteiger charge is 2.08. The van der Waals surface area contributed by atoms with Gasteiger partial charge in [0.05, 0.1) is 7.11 Å². The summed E-state index contributed by atoms with van der Waals surface area (Å²) < 4.78 is 5.53. The van der Waals surface area contributed by atoms with Gasteiger partial charge in [0.1, 0.15) is 5.75 Å². The molecule has 0 fully saturated rings. The molecule has 3 rings (SSSR count). The van der Waals surface area contributed by atoms with E-state index in [0.29, 0.717) is 0 Å². The fourth-order valence-corrected chi connectivity index (χ4v) is 3.12. The van der Waals surface area contributed by atoms with E-state index in [0.717, 1.165) is 18.8 Å². The van der Waals surface area contributed by atoms with Crippen LogP contribution in [0.25, 0.3) is 10.8 Å². The van der Waals surface area contributed by atoms with Crippen LogP contribution >= 0.6 is 0 Å². The summed E-state index contributed by atoms with van der Waals surface area (Å²) in [5.41, 5.74) is 2.88. The summed E-state index contributed by atoms with van der Waals surface area (Å²) in [5, 5.41) is 6.13. The minimum atomic E-state index is 0.859. The summed E-state index contributed by atoms with van der Waals surface area (Å²) in [4.78, 5) is 0. The number of fused-ring (bicyclic) bond motifs is 1. The van der Waals surface area contributed by atoms with E-state index in [4.69, 9.17) is 4.74 Å². The van der Waals surface area contributed by atoms with Gasteiger partial charge in [0.15, 0.2) is 0 Å². The lowest BCUT2D eigenvalue weighted by molar-refractivity contribution is 0.409. The van der Waals surface area contributed by atoms with E-state index in [1.807, 2.05) is 0 Å². The van der Waals surface area contributed by atoms with Crippen LogP contribution in [0.3, 0.4) is 0 Å². The van der Waals surface area contributed by atoms with Crippen LogP contribution in [0.4, 0.5) is 0 Å². The predicted octanol–water partition coefficient (Wildman–Crippen LogP) is 4.44. The maximum absolute atomic E-state index is 5.53. The number of hydrogen-bond donors (Lipinski definition) is 1. The minimum Gasteiger partial charge on any atom is -0.496 e. The monoisotopic (exact) mass is 281 g/mol. The third-order valence-corrected chi connectivity index (χ3v) is 4.28. The second kappa shape index (κ2) is 6.77. The van der Waals surface area contributed by atoms with E-state index in [-0.39, 0.29) is 0 Å². The van der Waals surface area contributed by atoms with Crippen molar-refractivity contribution in [2.24, 2.45) is 0 Å². The number of nitrogens with one attached hydrogen (secondary N) is 1. The number of rotatable bonds is 6. The lowest BCUT2D eigenvalue weighted by atomic mass is 10.0. The van der Waals surface area contributed by atoms with Crippen molar-refractivity contribution in [2.45, 2.75) is 32.2 Å². The fraction of sp³-hybridized carbons (Fsp3) is 0.368. The molecule has 0 saturated heterocycles. The smallest absolute Gasteiger partial charge is 0.123 e. The molecule has 0 bridgehead atoms. The average molecular weight is 281 g/mol. The predicted molar refractivity (Wildman–Crippen MR) is 88.8 cm³/mol. The third-order valence-electron chi connectivity index (χ3n) is 4.28. The van der Waals surface area contributed by atoms with Crippen LogP contribution in [-0.2, 0) is 6.54 Å². The topological polar surface area (TPSA) is 21.3 Å². The molecule has 2 nitrogen and oxygen atoms in total. The molecule has 0 saturated carbocycles. The number of methoxy groups -OCH3 is 1. The summed E-state index contributed by atoms with van der Waals surface area (Å²) in [6, 6.07) is 12.7. The van der Waals surface area contributed by atoms with E-state index in [1.54, 1.807) is 12.7 Å². The number of allylic oxidation sites excluding steroid dienone is 1. The van der Waals surface area contributed by atoms with Crippen molar-refractivity contribution in [3.8, 4) is 5.75 Å². The Kier molecular flexibility index (Phi) is 4.56. The molecule has 0 atom stereocenters. The molecule has 1 N–H and O–H groups in total. The number of benzene rings is 2. The van der Waals surface area contributed by atoms with Gasteiger partial charge in [0.2, 0.25) is 0 Å². The highest BCUT2D eigenvalue weighted by molar-refractivity contribution is 5.87. The molecule has 0 spiro atoms. The van der Waals surface area contributed by atoms with Crippen LogP contribution in [0.15, 0.2) is 48.0 Å². The first-order valence-electron chi connectivity index (χ1n) is 7.82. The minimum absolute atomic E-state index is 0.859. The van der Waals surface area contributed by atoms with Crippen molar-refractivity contribution < 1.29 is 4.74 Å². The maximum Gasteiger partial charge on any atom is 0.123 e. The van der Waals surface area contributed by atoms with Gasteiger partial charge in [-0.1, -0.05) is 42.0 Å². The summed E-state index contributed by atoms with van der Waals surface area (Å²) in [7, 11) is 1.75. The first-order valence-corrected chi connectivity index (χ1v) is 7.82. The second-order valence-corrected chi connectivity index (χ2v) is 5.65. The Labute approximate surface area is 126 Å². The molecular weight excluding hydrogens is 258 g/mol. The summed E-state index contributed by atoms with van der Waals surface area (Å²) in [6.45, 7) is 1.90. The summed E-state index contributed by atoms with van der Waals surface area (Å²) >= 11 is 0. The fourth-order valence-electron chi connectivity index (χ4n) is 3.12. The zero-order chi connectivity index (χ0) is 14.5. The molecule has 0 amide bonds. The van der Waals surface area contributed by atoms with Crippen molar-refractivity contribution >= 4 is 10.8 Å². The molecule has 1 aliphatic rings. The molecule has 21 heavy (non-hydrogen) atoms. The molecule has 0 aromatic heterocycles. The standard InChI is InChI=1S/C19H23NO/c1-21-19-11-10-16-8-4-5-9-17(16)18(19)14-20-13-12-15-6-2-3-7-15/h4-6,8-11,20H,2-3,7,12-14H2,1H3. The molecule has 0 heterocycles. The lowest BCUT2D eigenvalue weighted by Gasteiger charge is -2.13. The first-order chi connectivity index (χ1) is 10.4. The lowest BCUT2D eigenvalue weighted by Crippen LogP contribution is -2.16. The SMILES string of the molecule is COc1ccc2ccccc2c1CNCCC1=CCCC1. The van der Waals surface area contributed by atoms with Gasteiger partial charge in [0.25, 0.3) is 0 Å². The van der Waals surface area contributed by atoms with Crippen molar-refractivity contribution in [2.75, 3.05) is 13.7 Å². The molecule has 0 aliphatic heterocycles. The zero-order valence-electron chi connectivity index (χ0n) is 12.7. The van der Waals surface area contributed by atoms with Crippen LogP contribution in [0, 0.1) is 0 Å². The Morgan fingerprint density at radius 3 is 2.86 bits per heavy atom. The number of hydrogen-bond acceptors (Lipinski definition) is 2. The van der Waals surface area contributed by atoms with Crippen LogP contribution in [-0.4, -0.2) is 13.7 Å². The van der Waals surface area contributed by atoms with Crippen molar-refractivity contribution in [1.29, 1.82) is 0 Å². The highest BCUT2D eigenvalue weighted by Crippen LogP contribution is 2.28. The molecule has 2 aromatic carbocycles. The van der Waals surface area contributed by atoms with Gasteiger partial charge < -0.3 is 10.1 Å². The molecule has 2 heteroatoms. The quantitative estimate of drug-likeness (QED) is 0.624. The third kappa shape index (κ3) is 3.27. The van der Waals surface area contributed by atoms with Crippen molar-refractivity contribution in [3.05, 3.63) is 53.6 Å². The number of ether oxygens (including phenoxy) is 1. The zero-order valence-corrected chi connectivity index (χ0v) is 12.7. The average Bonchev–Trinajstić information content (AvgIpc) is 3.04. The van der Waals surface area contributed by atoms with E-state index >= 15 is 0 Å². The summed E-state index contributed by atoms with van der Waals surface area (Å²) in [5.74, 6) is 0.973. The molecule has 0 radical (unpaired) electrons. The van der Waals surface area contributed by atoms with Gasteiger partial charge in [-0.25, -0.2) is 0 Å².